The number of benzene rings is 1. The Morgan fingerprint density at radius 2 is 2.05 bits per heavy atom. The summed E-state index contributed by atoms with van der Waals surface area (Å²) in [6.45, 7) is 4.90. The minimum atomic E-state index is 0.626. The fourth-order valence-electron chi connectivity index (χ4n) is 2.01. The van der Waals surface area contributed by atoms with Gasteiger partial charge < -0.3 is 5.32 Å². The number of nitrogens with one attached hydrogen (secondary N) is 1. The Morgan fingerprint density at radius 1 is 1.20 bits per heavy atom. The van der Waals surface area contributed by atoms with Gasteiger partial charge in [-0.1, -0.05) is 24.3 Å². The molecule has 0 bridgehead atoms. The summed E-state index contributed by atoms with van der Waals surface area (Å²) in [5, 5.41) is 11.5. The molecule has 0 saturated carbocycles. The van der Waals surface area contributed by atoms with Crippen LogP contribution >= 0.6 is 0 Å². The number of aryl methyl sites for hydroxylation is 1. The van der Waals surface area contributed by atoms with Crippen LogP contribution in [0.1, 0.15) is 19.0 Å². The van der Waals surface area contributed by atoms with Gasteiger partial charge in [0.25, 0.3) is 0 Å². The molecule has 2 heterocycles. The molecular weight excluding hydrogens is 252 g/mol. The van der Waals surface area contributed by atoms with Crippen LogP contribution in [0.4, 0.5) is 5.95 Å². The summed E-state index contributed by atoms with van der Waals surface area (Å²) >= 11 is 0. The third kappa shape index (κ3) is 2.32. The topological polar surface area (TPSA) is 68.5 Å². The van der Waals surface area contributed by atoms with Gasteiger partial charge in [-0.3, -0.25) is 0 Å². The van der Waals surface area contributed by atoms with Gasteiger partial charge in [-0.05, 0) is 25.5 Å². The first-order valence-electron chi connectivity index (χ1n) is 6.68. The summed E-state index contributed by atoms with van der Waals surface area (Å²) in [5.41, 5.74) is 2.69. The Hall–Kier alpha value is -2.50. The third-order valence-corrected chi connectivity index (χ3v) is 2.94. The van der Waals surface area contributed by atoms with E-state index in [1.165, 1.54) is 0 Å². The normalized spacial score (nSPS) is 10.9. The van der Waals surface area contributed by atoms with Gasteiger partial charge in [-0.15, -0.1) is 5.10 Å². The molecule has 3 aromatic rings. The van der Waals surface area contributed by atoms with Gasteiger partial charge in [0.05, 0.1) is 5.52 Å². The van der Waals surface area contributed by atoms with Gasteiger partial charge in [0.1, 0.15) is 5.52 Å². The van der Waals surface area contributed by atoms with E-state index in [-0.39, 0.29) is 0 Å². The number of fused-ring (bicyclic) bond motifs is 1. The second-order valence-corrected chi connectivity index (χ2v) is 4.61. The number of aromatic nitrogens is 5. The van der Waals surface area contributed by atoms with Crippen molar-refractivity contribution in [1.29, 1.82) is 0 Å². The van der Waals surface area contributed by atoms with Crippen molar-refractivity contribution >= 4 is 17.0 Å². The highest BCUT2D eigenvalue weighted by molar-refractivity contribution is 5.75. The fourth-order valence-corrected chi connectivity index (χ4v) is 2.01. The first-order valence-corrected chi connectivity index (χ1v) is 6.68. The SMILES string of the molecule is CCCNc1nc(C)cc(-n2nnc3ccccc32)n1. The van der Waals surface area contributed by atoms with Crippen molar-refractivity contribution in [2.45, 2.75) is 20.3 Å². The molecule has 0 unspecified atom stereocenters. The van der Waals surface area contributed by atoms with Crippen LogP contribution in [0.5, 0.6) is 0 Å². The van der Waals surface area contributed by atoms with E-state index in [1.807, 2.05) is 37.3 Å². The molecule has 2 aromatic heterocycles. The lowest BCUT2D eigenvalue weighted by Crippen LogP contribution is -2.09. The zero-order chi connectivity index (χ0) is 13.9. The second-order valence-electron chi connectivity index (χ2n) is 4.61. The highest BCUT2D eigenvalue weighted by Gasteiger charge is 2.09. The molecular formula is C14H16N6. The summed E-state index contributed by atoms with van der Waals surface area (Å²) in [5.74, 6) is 1.35. The maximum Gasteiger partial charge on any atom is 0.224 e. The zero-order valence-corrected chi connectivity index (χ0v) is 11.5. The summed E-state index contributed by atoms with van der Waals surface area (Å²) in [7, 11) is 0. The predicted molar refractivity (Wildman–Crippen MR) is 78.0 cm³/mol. The monoisotopic (exact) mass is 268 g/mol. The van der Waals surface area contributed by atoms with E-state index in [2.05, 4.69) is 32.5 Å². The molecule has 0 aliphatic heterocycles. The highest BCUT2D eigenvalue weighted by Crippen LogP contribution is 2.16. The molecule has 3 rings (SSSR count). The van der Waals surface area contributed by atoms with Crippen LogP contribution in [0.15, 0.2) is 30.3 Å². The molecule has 0 aliphatic carbocycles. The Balaban J connectivity index is 2.07. The quantitative estimate of drug-likeness (QED) is 0.786. The molecule has 0 amide bonds. The lowest BCUT2D eigenvalue weighted by Gasteiger charge is -2.07. The van der Waals surface area contributed by atoms with Gasteiger partial charge in [-0.25, -0.2) is 4.98 Å². The Labute approximate surface area is 116 Å². The number of nitrogens with zero attached hydrogens (tertiary/aromatic N) is 5. The Bertz CT molecular complexity index is 733. The zero-order valence-electron chi connectivity index (χ0n) is 11.5. The van der Waals surface area contributed by atoms with Crippen LogP contribution in [-0.4, -0.2) is 31.5 Å². The average Bonchev–Trinajstić information content (AvgIpc) is 2.88. The number of para-hydroxylation sites is 1. The summed E-state index contributed by atoms with van der Waals surface area (Å²) in [4.78, 5) is 8.88. The molecule has 0 saturated heterocycles. The van der Waals surface area contributed by atoms with Crippen molar-refractivity contribution in [3.63, 3.8) is 0 Å². The maximum atomic E-state index is 4.50. The van der Waals surface area contributed by atoms with Gasteiger partial charge in [-0.2, -0.15) is 9.67 Å². The van der Waals surface area contributed by atoms with Crippen molar-refractivity contribution in [2.24, 2.45) is 0 Å². The summed E-state index contributed by atoms with van der Waals surface area (Å²) in [6.07, 6.45) is 1.03. The number of anilines is 1. The van der Waals surface area contributed by atoms with E-state index in [0.717, 1.165) is 35.5 Å². The Morgan fingerprint density at radius 3 is 2.90 bits per heavy atom. The second kappa shape index (κ2) is 5.24. The van der Waals surface area contributed by atoms with Gasteiger partial charge in [0, 0.05) is 18.3 Å². The maximum absolute atomic E-state index is 4.50. The van der Waals surface area contributed by atoms with E-state index in [0.29, 0.717) is 5.95 Å². The van der Waals surface area contributed by atoms with E-state index >= 15 is 0 Å². The standard InChI is InChI=1S/C14H16N6/c1-3-8-15-14-16-10(2)9-13(17-14)20-12-7-5-4-6-11(12)18-19-20/h4-7,9H,3,8H2,1-2H3,(H,15,16,17). The van der Waals surface area contributed by atoms with E-state index in [9.17, 15) is 0 Å². The molecule has 1 N–H and O–H groups in total. The van der Waals surface area contributed by atoms with Crippen LogP contribution in [0.3, 0.4) is 0 Å². The highest BCUT2D eigenvalue weighted by atomic mass is 15.4. The van der Waals surface area contributed by atoms with E-state index in [4.69, 9.17) is 0 Å². The molecule has 0 atom stereocenters. The van der Waals surface area contributed by atoms with Gasteiger partial charge in [0.15, 0.2) is 5.82 Å². The molecule has 20 heavy (non-hydrogen) atoms. The molecule has 0 radical (unpaired) electrons. The number of rotatable bonds is 4. The van der Waals surface area contributed by atoms with E-state index < -0.39 is 0 Å². The first-order chi connectivity index (χ1) is 9.78. The lowest BCUT2D eigenvalue weighted by molar-refractivity contribution is 0.793. The lowest BCUT2D eigenvalue weighted by atomic mass is 10.3. The van der Waals surface area contributed by atoms with Crippen molar-refractivity contribution in [1.82, 2.24) is 25.0 Å². The fraction of sp³-hybridized carbons (Fsp3) is 0.286. The average molecular weight is 268 g/mol. The van der Waals surface area contributed by atoms with Gasteiger partial charge in [0.2, 0.25) is 5.95 Å². The summed E-state index contributed by atoms with van der Waals surface area (Å²) < 4.78 is 1.74. The van der Waals surface area contributed by atoms with Crippen LogP contribution in [0.2, 0.25) is 0 Å². The Kier molecular flexibility index (Phi) is 3.28. The van der Waals surface area contributed by atoms with Crippen LogP contribution < -0.4 is 5.32 Å². The summed E-state index contributed by atoms with van der Waals surface area (Å²) in [6, 6.07) is 9.72. The molecule has 1 aromatic carbocycles. The van der Waals surface area contributed by atoms with Crippen molar-refractivity contribution in [3.05, 3.63) is 36.0 Å². The number of hydrogen-bond acceptors (Lipinski definition) is 5. The van der Waals surface area contributed by atoms with E-state index in [1.54, 1.807) is 4.68 Å². The minimum Gasteiger partial charge on any atom is -0.354 e. The van der Waals surface area contributed by atoms with Crippen LogP contribution in [-0.2, 0) is 0 Å². The molecule has 6 heteroatoms. The predicted octanol–water partition coefficient (Wildman–Crippen LogP) is 2.34. The van der Waals surface area contributed by atoms with Crippen molar-refractivity contribution in [3.8, 4) is 5.82 Å². The van der Waals surface area contributed by atoms with Crippen LogP contribution in [0, 0.1) is 6.92 Å². The third-order valence-electron chi connectivity index (χ3n) is 2.94. The van der Waals surface area contributed by atoms with Crippen LogP contribution in [0.25, 0.3) is 16.9 Å². The van der Waals surface area contributed by atoms with Crippen molar-refractivity contribution in [2.75, 3.05) is 11.9 Å². The molecule has 6 nitrogen and oxygen atoms in total. The smallest absolute Gasteiger partial charge is 0.224 e. The van der Waals surface area contributed by atoms with Crippen molar-refractivity contribution < 1.29 is 0 Å². The minimum absolute atomic E-state index is 0.626. The molecule has 102 valence electrons. The molecule has 0 fully saturated rings. The molecule has 0 spiro atoms. The first kappa shape index (κ1) is 12.5. The molecule has 0 aliphatic rings. The largest absolute Gasteiger partial charge is 0.354 e. The number of hydrogen-bond donors (Lipinski definition) is 1. The van der Waals surface area contributed by atoms with Gasteiger partial charge >= 0.3 is 0 Å².